The molecule has 5 nitrogen and oxygen atoms in total. The highest BCUT2D eigenvalue weighted by molar-refractivity contribution is 5.92. The maximum absolute atomic E-state index is 12.0. The van der Waals surface area contributed by atoms with E-state index in [-0.39, 0.29) is 11.8 Å². The lowest BCUT2D eigenvalue weighted by atomic mass is 10.0. The number of carbonyl (C=O) groups is 1. The normalized spacial score (nSPS) is 12.1. The number of nitrogens with zero attached hydrogens (tertiary/aromatic N) is 2. The maximum atomic E-state index is 12.0. The Morgan fingerprint density at radius 3 is 2.76 bits per heavy atom. The molecule has 1 amide bonds. The standard InChI is InChI=1S/C16H22N4O/c1-13(4-2-9-17)16(21)19-15-7-5-14(6-8-15)12-20-11-3-10-18-20/h3,5-8,10-11,13H,2,4,9,12,17H2,1H3,(H,19,21). The average molecular weight is 286 g/mol. The molecule has 1 atom stereocenters. The van der Waals surface area contributed by atoms with Gasteiger partial charge in [0.15, 0.2) is 0 Å². The first kappa shape index (κ1) is 15.3. The van der Waals surface area contributed by atoms with Gasteiger partial charge in [-0.15, -0.1) is 0 Å². The van der Waals surface area contributed by atoms with E-state index in [1.807, 2.05) is 48.1 Å². The summed E-state index contributed by atoms with van der Waals surface area (Å²) in [6, 6.07) is 9.75. The molecule has 0 saturated carbocycles. The van der Waals surface area contributed by atoms with Crippen molar-refractivity contribution in [2.45, 2.75) is 26.3 Å². The third-order valence-electron chi connectivity index (χ3n) is 3.41. The molecule has 0 bridgehead atoms. The summed E-state index contributed by atoms with van der Waals surface area (Å²) < 4.78 is 1.86. The van der Waals surface area contributed by atoms with Gasteiger partial charge in [0.1, 0.15) is 0 Å². The van der Waals surface area contributed by atoms with Crippen molar-refractivity contribution >= 4 is 11.6 Å². The number of rotatable bonds is 7. The number of benzene rings is 1. The number of anilines is 1. The van der Waals surface area contributed by atoms with Crippen molar-refractivity contribution in [2.24, 2.45) is 11.7 Å². The van der Waals surface area contributed by atoms with Crippen LogP contribution in [0.5, 0.6) is 0 Å². The fraction of sp³-hybridized carbons (Fsp3) is 0.375. The Morgan fingerprint density at radius 1 is 1.38 bits per heavy atom. The lowest BCUT2D eigenvalue weighted by Gasteiger charge is -2.12. The van der Waals surface area contributed by atoms with Gasteiger partial charge in [0.05, 0.1) is 6.54 Å². The van der Waals surface area contributed by atoms with E-state index in [1.54, 1.807) is 6.20 Å². The molecule has 2 aromatic rings. The molecule has 0 aliphatic carbocycles. The van der Waals surface area contributed by atoms with Gasteiger partial charge in [-0.25, -0.2) is 0 Å². The quantitative estimate of drug-likeness (QED) is 0.820. The SMILES string of the molecule is CC(CCCN)C(=O)Nc1ccc(Cn2cccn2)cc1. The van der Waals surface area contributed by atoms with E-state index in [0.717, 1.165) is 30.6 Å². The monoisotopic (exact) mass is 286 g/mol. The Labute approximate surface area is 125 Å². The Balaban J connectivity index is 1.88. The topological polar surface area (TPSA) is 72.9 Å². The molecule has 5 heteroatoms. The molecule has 0 aliphatic heterocycles. The van der Waals surface area contributed by atoms with Gasteiger partial charge in [0, 0.05) is 24.0 Å². The number of nitrogens with two attached hydrogens (primary N) is 1. The Morgan fingerprint density at radius 2 is 2.14 bits per heavy atom. The molecular formula is C16H22N4O. The Bertz CT molecular complexity index is 548. The molecule has 1 aromatic carbocycles. The lowest BCUT2D eigenvalue weighted by molar-refractivity contribution is -0.119. The van der Waals surface area contributed by atoms with E-state index in [9.17, 15) is 4.79 Å². The summed E-state index contributed by atoms with van der Waals surface area (Å²) in [6.45, 7) is 3.28. The van der Waals surface area contributed by atoms with Gasteiger partial charge in [-0.1, -0.05) is 19.1 Å². The lowest BCUT2D eigenvalue weighted by Crippen LogP contribution is -2.21. The van der Waals surface area contributed by atoms with Crippen LogP contribution in [0.3, 0.4) is 0 Å². The van der Waals surface area contributed by atoms with Crippen LogP contribution >= 0.6 is 0 Å². The molecule has 0 radical (unpaired) electrons. The van der Waals surface area contributed by atoms with Crippen molar-refractivity contribution in [1.82, 2.24) is 9.78 Å². The maximum Gasteiger partial charge on any atom is 0.227 e. The van der Waals surface area contributed by atoms with Crippen molar-refractivity contribution in [3.05, 3.63) is 48.3 Å². The van der Waals surface area contributed by atoms with Crippen LogP contribution in [0.4, 0.5) is 5.69 Å². The van der Waals surface area contributed by atoms with E-state index in [0.29, 0.717) is 6.54 Å². The molecule has 1 heterocycles. The van der Waals surface area contributed by atoms with Crippen LogP contribution in [0.2, 0.25) is 0 Å². The first-order valence-corrected chi connectivity index (χ1v) is 7.26. The van der Waals surface area contributed by atoms with Gasteiger partial charge in [-0.2, -0.15) is 5.10 Å². The smallest absolute Gasteiger partial charge is 0.227 e. The molecule has 112 valence electrons. The number of amides is 1. The van der Waals surface area contributed by atoms with Gasteiger partial charge in [-0.05, 0) is 43.1 Å². The minimum atomic E-state index is -0.0164. The highest BCUT2D eigenvalue weighted by Gasteiger charge is 2.12. The first-order chi connectivity index (χ1) is 10.2. The molecule has 2 rings (SSSR count). The van der Waals surface area contributed by atoms with Crippen molar-refractivity contribution in [2.75, 3.05) is 11.9 Å². The van der Waals surface area contributed by atoms with Crippen molar-refractivity contribution in [1.29, 1.82) is 0 Å². The van der Waals surface area contributed by atoms with Crippen molar-refractivity contribution in [3.63, 3.8) is 0 Å². The Kier molecular flexibility index (Phi) is 5.51. The fourth-order valence-electron chi connectivity index (χ4n) is 2.10. The molecular weight excluding hydrogens is 264 g/mol. The van der Waals surface area contributed by atoms with E-state index >= 15 is 0 Å². The zero-order valence-electron chi connectivity index (χ0n) is 12.3. The molecule has 1 aromatic heterocycles. The number of carbonyl (C=O) groups excluding carboxylic acids is 1. The summed E-state index contributed by atoms with van der Waals surface area (Å²) >= 11 is 0. The highest BCUT2D eigenvalue weighted by Crippen LogP contribution is 2.13. The minimum Gasteiger partial charge on any atom is -0.330 e. The summed E-state index contributed by atoms with van der Waals surface area (Å²) in [5, 5.41) is 7.11. The molecule has 21 heavy (non-hydrogen) atoms. The van der Waals surface area contributed by atoms with Crippen LogP contribution in [0.1, 0.15) is 25.3 Å². The summed E-state index contributed by atoms with van der Waals surface area (Å²) in [7, 11) is 0. The first-order valence-electron chi connectivity index (χ1n) is 7.26. The molecule has 0 aliphatic rings. The van der Waals surface area contributed by atoms with Crippen molar-refractivity contribution < 1.29 is 4.79 Å². The third kappa shape index (κ3) is 4.72. The summed E-state index contributed by atoms with van der Waals surface area (Å²) in [5.74, 6) is 0.0283. The zero-order chi connectivity index (χ0) is 15.1. The van der Waals surface area contributed by atoms with Crippen LogP contribution in [0, 0.1) is 5.92 Å². The van der Waals surface area contributed by atoms with Crippen LogP contribution in [-0.2, 0) is 11.3 Å². The second kappa shape index (κ2) is 7.59. The number of hydrogen-bond acceptors (Lipinski definition) is 3. The van der Waals surface area contributed by atoms with Crippen LogP contribution < -0.4 is 11.1 Å². The van der Waals surface area contributed by atoms with Crippen LogP contribution in [0.25, 0.3) is 0 Å². The van der Waals surface area contributed by atoms with Gasteiger partial charge < -0.3 is 11.1 Å². The molecule has 0 saturated heterocycles. The molecule has 1 unspecified atom stereocenters. The highest BCUT2D eigenvalue weighted by atomic mass is 16.1. The summed E-state index contributed by atoms with van der Waals surface area (Å²) in [4.78, 5) is 12.0. The Hall–Kier alpha value is -2.14. The zero-order valence-corrected chi connectivity index (χ0v) is 12.3. The number of hydrogen-bond donors (Lipinski definition) is 2. The minimum absolute atomic E-state index is 0.0164. The van der Waals surface area contributed by atoms with E-state index in [4.69, 9.17) is 5.73 Å². The van der Waals surface area contributed by atoms with E-state index in [2.05, 4.69) is 10.4 Å². The average Bonchev–Trinajstić information content (AvgIpc) is 2.99. The fourth-order valence-corrected chi connectivity index (χ4v) is 2.10. The van der Waals surface area contributed by atoms with E-state index in [1.165, 1.54) is 0 Å². The summed E-state index contributed by atoms with van der Waals surface area (Å²) in [6.07, 6.45) is 5.38. The summed E-state index contributed by atoms with van der Waals surface area (Å²) in [5.41, 5.74) is 7.43. The predicted molar refractivity (Wildman–Crippen MR) is 83.9 cm³/mol. The second-order valence-corrected chi connectivity index (χ2v) is 5.22. The molecule has 3 N–H and O–H groups in total. The number of aromatic nitrogens is 2. The van der Waals surface area contributed by atoms with Gasteiger partial charge in [0.2, 0.25) is 5.91 Å². The number of nitrogens with one attached hydrogen (secondary N) is 1. The largest absolute Gasteiger partial charge is 0.330 e. The van der Waals surface area contributed by atoms with Crippen LogP contribution in [-0.4, -0.2) is 22.2 Å². The van der Waals surface area contributed by atoms with Gasteiger partial charge in [0.25, 0.3) is 0 Å². The van der Waals surface area contributed by atoms with Crippen molar-refractivity contribution in [3.8, 4) is 0 Å². The second-order valence-electron chi connectivity index (χ2n) is 5.22. The van der Waals surface area contributed by atoms with Crippen LogP contribution in [0.15, 0.2) is 42.7 Å². The molecule has 0 fully saturated rings. The van der Waals surface area contributed by atoms with Gasteiger partial charge in [-0.3, -0.25) is 9.48 Å². The predicted octanol–water partition coefficient (Wildman–Crippen LogP) is 2.24. The van der Waals surface area contributed by atoms with E-state index < -0.39 is 0 Å². The van der Waals surface area contributed by atoms with Gasteiger partial charge >= 0.3 is 0 Å². The molecule has 0 spiro atoms. The third-order valence-corrected chi connectivity index (χ3v) is 3.41.